The van der Waals surface area contributed by atoms with Crippen molar-refractivity contribution in [2.24, 2.45) is 0 Å². The van der Waals surface area contributed by atoms with E-state index in [1.54, 1.807) is 24.1 Å². The van der Waals surface area contributed by atoms with Crippen molar-refractivity contribution in [1.82, 2.24) is 10.2 Å². The number of hydrogen-bond donors (Lipinski definition) is 1. The normalized spacial score (nSPS) is 24.2. The molecule has 1 aromatic carbocycles. The molecule has 1 amide bonds. The Labute approximate surface area is 112 Å². The van der Waals surface area contributed by atoms with Gasteiger partial charge in [0.2, 0.25) is 5.91 Å². The van der Waals surface area contributed by atoms with Crippen LogP contribution >= 0.6 is 11.6 Å². The Hall–Kier alpha value is -1.26. The monoisotopic (exact) mass is 268 g/mol. The van der Waals surface area contributed by atoms with Crippen molar-refractivity contribution in [2.75, 3.05) is 27.2 Å². The summed E-state index contributed by atoms with van der Waals surface area (Å²) in [7, 11) is 3.38. The number of hydrogen-bond acceptors (Lipinski definition) is 3. The number of ether oxygens (including phenoxy) is 1. The van der Waals surface area contributed by atoms with Crippen molar-refractivity contribution in [3.63, 3.8) is 0 Å². The summed E-state index contributed by atoms with van der Waals surface area (Å²) in [5.41, 5.74) is 0.132. The molecule has 1 saturated heterocycles. The van der Waals surface area contributed by atoms with E-state index in [9.17, 15) is 4.79 Å². The maximum absolute atomic E-state index is 12.3. The summed E-state index contributed by atoms with van der Waals surface area (Å²) in [5, 5.41) is 3.78. The number of nitrogens with zero attached hydrogens (tertiary/aromatic N) is 1. The zero-order valence-corrected chi connectivity index (χ0v) is 11.5. The van der Waals surface area contributed by atoms with Crippen molar-refractivity contribution in [1.29, 1.82) is 0 Å². The lowest BCUT2D eigenvalue weighted by Crippen LogP contribution is -2.59. The minimum atomic E-state index is -0.719. The van der Waals surface area contributed by atoms with Gasteiger partial charge in [-0.2, -0.15) is 0 Å². The van der Waals surface area contributed by atoms with E-state index in [1.165, 1.54) is 0 Å². The Bertz CT molecular complexity index is 478. The Morgan fingerprint density at radius 2 is 2.22 bits per heavy atom. The topological polar surface area (TPSA) is 41.6 Å². The van der Waals surface area contributed by atoms with Gasteiger partial charge in [-0.1, -0.05) is 17.7 Å². The SMILES string of the molecule is COc1ccc(C2(C)NCCN(C)C2=O)cc1Cl. The molecule has 1 N–H and O–H groups in total. The fourth-order valence-electron chi connectivity index (χ4n) is 2.24. The van der Waals surface area contributed by atoms with Crippen LogP contribution in [-0.2, 0) is 10.3 Å². The summed E-state index contributed by atoms with van der Waals surface area (Å²) >= 11 is 6.12. The van der Waals surface area contributed by atoms with Crippen LogP contribution in [0.15, 0.2) is 18.2 Å². The Morgan fingerprint density at radius 1 is 1.50 bits per heavy atom. The second-order valence-electron chi connectivity index (χ2n) is 4.63. The molecule has 1 heterocycles. The van der Waals surface area contributed by atoms with E-state index in [4.69, 9.17) is 16.3 Å². The minimum absolute atomic E-state index is 0.0509. The summed E-state index contributed by atoms with van der Waals surface area (Å²) in [6.07, 6.45) is 0. The van der Waals surface area contributed by atoms with Crippen LogP contribution in [0.4, 0.5) is 0 Å². The number of halogens is 1. The second-order valence-corrected chi connectivity index (χ2v) is 5.04. The molecule has 1 fully saturated rings. The average Bonchev–Trinajstić information content (AvgIpc) is 2.36. The summed E-state index contributed by atoms with van der Waals surface area (Å²) < 4.78 is 5.12. The second kappa shape index (κ2) is 4.78. The zero-order chi connectivity index (χ0) is 13.3. The first-order valence-corrected chi connectivity index (χ1v) is 6.21. The average molecular weight is 269 g/mol. The van der Waals surface area contributed by atoms with E-state index < -0.39 is 5.54 Å². The van der Waals surface area contributed by atoms with Crippen LogP contribution in [0.25, 0.3) is 0 Å². The molecule has 1 aliphatic rings. The van der Waals surface area contributed by atoms with Crippen LogP contribution in [-0.4, -0.2) is 38.1 Å². The van der Waals surface area contributed by atoms with E-state index in [0.717, 1.165) is 18.7 Å². The molecular formula is C13H17ClN2O2. The highest BCUT2D eigenvalue weighted by molar-refractivity contribution is 6.32. The van der Waals surface area contributed by atoms with Gasteiger partial charge in [-0.25, -0.2) is 0 Å². The van der Waals surface area contributed by atoms with Crippen LogP contribution < -0.4 is 10.1 Å². The number of carbonyl (C=O) groups is 1. The third kappa shape index (κ3) is 2.06. The van der Waals surface area contributed by atoms with E-state index in [-0.39, 0.29) is 5.91 Å². The molecular weight excluding hydrogens is 252 g/mol. The molecule has 0 aromatic heterocycles. The molecule has 0 saturated carbocycles. The first kappa shape index (κ1) is 13.2. The van der Waals surface area contributed by atoms with Gasteiger partial charge in [0.1, 0.15) is 11.3 Å². The molecule has 1 aromatic rings. The zero-order valence-electron chi connectivity index (χ0n) is 10.8. The van der Waals surface area contributed by atoms with Gasteiger partial charge in [0, 0.05) is 20.1 Å². The first-order chi connectivity index (χ1) is 8.49. The summed E-state index contributed by atoms with van der Waals surface area (Å²) in [5.74, 6) is 0.663. The molecule has 1 unspecified atom stereocenters. The van der Waals surface area contributed by atoms with E-state index in [0.29, 0.717) is 10.8 Å². The minimum Gasteiger partial charge on any atom is -0.495 e. The number of nitrogens with one attached hydrogen (secondary N) is 1. The van der Waals surface area contributed by atoms with Gasteiger partial charge in [-0.05, 0) is 24.6 Å². The molecule has 0 aliphatic carbocycles. The third-order valence-corrected chi connectivity index (χ3v) is 3.72. The van der Waals surface area contributed by atoms with Gasteiger partial charge in [0.25, 0.3) is 0 Å². The number of benzene rings is 1. The van der Waals surface area contributed by atoms with Crippen LogP contribution in [0.5, 0.6) is 5.75 Å². The molecule has 2 rings (SSSR count). The highest BCUT2D eigenvalue weighted by atomic mass is 35.5. The lowest BCUT2D eigenvalue weighted by molar-refractivity contribution is -0.139. The van der Waals surface area contributed by atoms with Crippen LogP contribution in [0, 0.1) is 0 Å². The molecule has 4 nitrogen and oxygen atoms in total. The fourth-order valence-corrected chi connectivity index (χ4v) is 2.49. The predicted octanol–water partition coefficient (Wildman–Crippen LogP) is 1.63. The molecule has 1 atom stereocenters. The largest absolute Gasteiger partial charge is 0.495 e. The third-order valence-electron chi connectivity index (χ3n) is 3.43. The van der Waals surface area contributed by atoms with Crippen LogP contribution in [0.3, 0.4) is 0 Å². The number of piperazine rings is 1. The predicted molar refractivity (Wildman–Crippen MR) is 71.0 cm³/mol. The summed E-state index contributed by atoms with van der Waals surface area (Å²) in [6.45, 7) is 3.36. The number of rotatable bonds is 2. The van der Waals surface area contributed by atoms with E-state index in [2.05, 4.69) is 5.32 Å². The number of likely N-dealkylation sites (N-methyl/N-ethyl adjacent to an activating group) is 1. The standard InChI is InChI=1S/C13H17ClN2O2/c1-13(12(17)16(2)7-6-15-13)9-4-5-11(18-3)10(14)8-9/h4-5,8,15H,6-7H2,1-3H3. The van der Waals surface area contributed by atoms with E-state index in [1.807, 2.05) is 20.0 Å². The van der Waals surface area contributed by atoms with Crippen molar-refractivity contribution in [2.45, 2.75) is 12.5 Å². The first-order valence-electron chi connectivity index (χ1n) is 5.83. The number of carbonyl (C=O) groups excluding carboxylic acids is 1. The molecule has 0 radical (unpaired) electrons. The quantitative estimate of drug-likeness (QED) is 0.886. The summed E-state index contributed by atoms with van der Waals surface area (Å²) in [6, 6.07) is 5.44. The van der Waals surface area contributed by atoms with Gasteiger partial charge in [0.15, 0.2) is 0 Å². The fraction of sp³-hybridized carbons (Fsp3) is 0.462. The van der Waals surface area contributed by atoms with Crippen LogP contribution in [0.1, 0.15) is 12.5 Å². The highest BCUT2D eigenvalue weighted by Crippen LogP contribution is 2.32. The van der Waals surface area contributed by atoms with Crippen molar-refractivity contribution in [3.05, 3.63) is 28.8 Å². The Balaban J connectivity index is 2.40. The Kier molecular flexibility index (Phi) is 3.50. The smallest absolute Gasteiger partial charge is 0.246 e. The van der Waals surface area contributed by atoms with E-state index >= 15 is 0 Å². The molecule has 18 heavy (non-hydrogen) atoms. The van der Waals surface area contributed by atoms with Gasteiger partial charge in [-0.3, -0.25) is 10.1 Å². The van der Waals surface area contributed by atoms with Crippen molar-refractivity contribution in [3.8, 4) is 5.75 Å². The van der Waals surface area contributed by atoms with Crippen molar-refractivity contribution >= 4 is 17.5 Å². The van der Waals surface area contributed by atoms with Gasteiger partial charge < -0.3 is 9.64 Å². The lowest BCUT2D eigenvalue weighted by Gasteiger charge is -2.39. The Morgan fingerprint density at radius 3 is 2.83 bits per heavy atom. The molecule has 1 aliphatic heterocycles. The van der Waals surface area contributed by atoms with Gasteiger partial charge in [-0.15, -0.1) is 0 Å². The highest BCUT2D eigenvalue weighted by Gasteiger charge is 2.39. The number of amides is 1. The van der Waals surface area contributed by atoms with Gasteiger partial charge >= 0.3 is 0 Å². The molecule has 98 valence electrons. The van der Waals surface area contributed by atoms with Crippen LogP contribution in [0.2, 0.25) is 5.02 Å². The molecule has 0 spiro atoms. The summed E-state index contributed by atoms with van der Waals surface area (Å²) in [4.78, 5) is 14.0. The maximum atomic E-state index is 12.3. The van der Waals surface area contributed by atoms with Crippen molar-refractivity contribution < 1.29 is 9.53 Å². The molecule has 0 bridgehead atoms. The lowest BCUT2D eigenvalue weighted by atomic mass is 9.89. The number of methoxy groups -OCH3 is 1. The van der Waals surface area contributed by atoms with Gasteiger partial charge in [0.05, 0.1) is 12.1 Å². The molecule has 5 heteroatoms. The maximum Gasteiger partial charge on any atom is 0.246 e.